The van der Waals surface area contributed by atoms with E-state index in [-0.39, 0.29) is 0 Å². The van der Waals surface area contributed by atoms with Crippen LogP contribution >= 0.6 is 0 Å². The molecule has 0 radical (unpaired) electrons. The minimum atomic E-state index is -0.402. The number of hydrogen-bond donors (Lipinski definition) is 2. The monoisotopic (exact) mass is 260 g/mol. The summed E-state index contributed by atoms with van der Waals surface area (Å²) in [7, 11) is 1.81. The summed E-state index contributed by atoms with van der Waals surface area (Å²) in [6.07, 6.45) is 3.45. The molecule has 2 rings (SSSR count). The molecule has 1 aromatic carbocycles. The lowest BCUT2D eigenvalue weighted by Crippen LogP contribution is -2.09. The minimum absolute atomic E-state index is 0.319. The smallest absolute Gasteiger partial charge is 0.340 e. The summed E-state index contributed by atoms with van der Waals surface area (Å²) < 4.78 is 6.67. The van der Waals surface area contributed by atoms with E-state index in [1.165, 1.54) is 0 Å². The maximum atomic E-state index is 11.9. The fourth-order valence-corrected chi connectivity index (χ4v) is 1.72. The van der Waals surface area contributed by atoms with Crippen molar-refractivity contribution in [2.45, 2.75) is 6.92 Å². The van der Waals surface area contributed by atoms with Crippen molar-refractivity contribution in [3.8, 4) is 0 Å². The molecule has 0 amide bonds. The van der Waals surface area contributed by atoms with E-state index in [1.807, 2.05) is 7.05 Å². The highest BCUT2D eigenvalue weighted by Crippen LogP contribution is 2.27. The summed E-state index contributed by atoms with van der Waals surface area (Å²) >= 11 is 0. The average Bonchev–Trinajstić information content (AvgIpc) is 2.78. The second-order valence-corrected chi connectivity index (χ2v) is 4.02. The first-order valence-electron chi connectivity index (χ1n) is 5.93. The van der Waals surface area contributed by atoms with Gasteiger partial charge in [-0.05, 0) is 19.1 Å². The number of esters is 1. The molecule has 0 saturated heterocycles. The Morgan fingerprint density at radius 2 is 2.32 bits per heavy atom. The Balaban J connectivity index is 2.35. The number of aromatic nitrogens is 2. The highest BCUT2D eigenvalue weighted by molar-refractivity contribution is 5.99. The molecule has 100 valence electrons. The van der Waals surface area contributed by atoms with Gasteiger partial charge in [-0.1, -0.05) is 6.07 Å². The first-order valence-corrected chi connectivity index (χ1v) is 5.93. The molecule has 1 heterocycles. The molecule has 0 bridgehead atoms. The van der Waals surface area contributed by atoms with Gasteiger partial charge in [0.2, 0.25) is 0 Å². The van der Waals surface area contributed by atoms with Crippen molar-refractivity contribution in [1.82, 2.24) is 9.78 Å². The Bertz CT molecular complexity index is 592. The molecule has 0 aliphatic heterocycles. The standard InChI is InChI=1S/C13H16N4O2/c1-3-19-13(18)10-5-4-6-11(14)12(10)16-9-7-15-17(2)8-9/h4-8,16H,3,14H2,1-2H3. The van der Waals surface area contributed by atoms with Crippen LogP contribution < -0.4 is 11.1 Å². The van der Waals surface area contributed by atoms with Crippen LogP contribution in [0.5, 0.6) is 0 Å². The summed E-state index contributed by atoms with van der Waals surface area (Å²) in [4.78, 5) is 11.9. The molecule has 3 N–H and O–H groups in total. The number of para-hydroxylation sites is 1. The minimum Gasteiger partial charge on any atom is -0.462 e. The molecule has 1 aromatic heterocycles. The molecular weight excluding hydrogens is 244 g/mol. The van der Waals surface area contributed by atoms with Crippen molar-refractivity contribution in [2.75, 3.05) is 17.7 Å². The summed E-state index contributed by atoms with van der Waals surface area (Å²) in [5.41, 5.74) is 8.09. The number of ether oxygens (including phenoxy) is 1. The summed E-state index contributed by atoms with van der Waals surface area (Å²) in [5, 5.41) is 7.14. The SMILES string of the molecule is CCOC(=O)c1cccc(N)c1Nc1cnn(C)c1. The molecule has 6 nitrogen and oxygen atoms in total. The van der Waals surface area contributed by atoms with Gasteiger partial charge in [0.05, 0.1) is 35.4 Å². The van der Waals surface area contributed by atoms with Gasteiger partial charge in [0, 0.05) is 13.2 Å². The Morgan fingerprint density at radius 1 is 1.53 bits per heavy atom. The van der Waals surface area contributed by atoms with Crippen LogP contribution in [-0.2, 0) is 11.8 Å². The number of aryl methyl sites for hydroxylation is 1. The van der Waals surface area contributed by atoms with Crippen LogP contribution in [0.3, 0.4) is 0 Å². The second kappa shape index (κ2) is 5.43. The van der Waals surface area contributed by atoms with E-state index in [0.717, 1.165) is 5.69 Å². The number of hydrogen-bond acceptors (Lipinski definition) is 5. The van der Waals surface area contributed by atoms with Crippen molar-refractivity contribution in [1.29, 1.82) is 0 Å². The van der Waals surface area contributed by atoms with Crippen molar-refractivity contribution < 1.29 is 9.53 Å². The molecule has 0 spiro atoms. The number of anilines is 3. The number of nitrogens with zero attached hydrogens (tertiary/aromatic N) is 2. The van der Waals surface area contributed by atoms with E-state index >= 15 is 0 Å². The normalized spacial score (nSPS) is 10.2. The largest absolute Gasteiger partial charge is 0.462 e. The van der Waals surface area contributed by atoms with Crippen LogP contribution in [0.2, 0.25) is 0 Å². The highest BCUT2D eigenvalue weighted by Gasteiger charge is 2.15. The summed E-state index contributed by atoms with van der Waals surface area (Å²) in [6.45, 7) is 2.08. The van der Waals surface area contributed by atoms with E-state index in [1.54, 1.807) is 42.2 Å². The number of nitrogens with one attached hydrogen (secondary N) is 1. The van der Waals surface area contributed by atoms with Crippen molar-refractivity contribution in [2.24, 2.45) is 7.05 Å². The Morgan fingerprint density at radius 3 is 2.95 bits per heavy atom. The van der Waals surface area contributed by atoms with Gasteiger partial charge in [-0.15, -0.1) is 0 Å². The molecule has 19 heavy (non-hydrogen) atoms. The van der Waals surface area contributed by atoms with Gasteiger partial charge >= 0.3 is 5.97 Å². The van der Waals surface area contributed by atoms with Crippen LogP contribution in [0.15, 0.2) is 30.6 Å². The third-order valence-electron chi connectivity index (χ3n) is 2.57. The van der Waals surface area contributed by atoms with E-state index in [2.05, 4.69) is 10.4 Å². The van der Waals surface area contributed by atoms with Gasteiger partial charge in [-0.3, -0.25) is 4.68 Å². The molecule has 0 atom stereocenters. The number of carbonyl (C=O) groups is 1. The third-order valence-corrected chi connectivity index (χ3v) is 2.57. The Kier molecular flexibility index (Phi) is 3.70. The second-order valence-electron chi connectivity index (χ2n) is 4.02. The lowest BCUT2D eigenvalue weighted by molar-refractivity contribution is 0.0527. The summed E-state index contributed by atoms with van der Waals surface area (Å²) in [5.74, 6) is -0.402. The van der Waals surface area contributed by atoms with Crippen LogP contribution in [0, 0.1) is 0 Å². The molecular formula is C13H16N4O2. The third kappa shape index (κ3) is 2.85. The first kappa shape index (κ1) is 12.9. The van der Waals surface area contributed by atoms with Gasteiger partial charge in [0.25, 0.3) is 0 Å². The Hall–Kier alpha value is -2.50. The van der Waals surface area contributed by atoms with Crippen molar-refractivity contribution >= 4 is 23.0 Å². The molecule has 6 heteroatoms. The van der Waals surface area contributed by atoms with Gasteiger partial charge in [-0.2, -0.15) is 5.10 Å². The van der Waals surface area contributed by atoms with Crippen LogP contribution in [0.4, 0.5) is 17.1 Å². The van der Waals surface area contributed by atoms with Crippen LogP contribution in [0.1, 0.15) is 17.3 Å². The number of nitrogen functional groups attached to an aromatic ring is 1. The van der Waals surface area contributed by atoms with Gasteiger partial charge in [0.1, 0.15) is 0 Å². The summed E-state index contributed by atoms with van der Waals surface area (Å²) in [6, 6.07) is 5.12. The molecule has 0 fully saturated rings. The predicted octanol–water partition coefficient (Wildman–Crippen LogP) is 1.92. The number of rotatable bonds is 4. The zero-order valence-electron chi connectivity index (χ0n) is 10.9. The number of benzene rings is 1. The topological polar surface area (TPSA) is 82.2 Å². The number of carbonyl (C=O) groups excluding carboxylic acids is 1. The molecule has 2 aromatic rings. The molecule has 0 aliphatic carbocycles. The molecule has 0 aliphatic rings. The lowest BCUT2D eigenvalue weighted by atomic mass is 10.1. The molecule has 0 saturated carbocycles. The zero-order valence-corrected chi connectivity index (χ0v) is 10.9. The van der Waals surface area contributed by atoms with E-state index in [4.69, 9.17) is 10.5 Å². The lowest BCUT2D eigenvalue weighted by Gasteiger charge is -2.12. The van der Waals surface area contributed by atoms with E-state index in [9.17, 15) is 4.79 Å². The number of nitrogens with two attached hydrogens (primary N) is 1. The van der Waals surface area contributed by atoms with E-state index in [0.29, 0.717) is 23.5 Å². The van der Waals surface area contributed by atoms with Crippen LogP contribution in [-0.4, -0.2) is 22.4 Å². The maximum absolute atomic E-state index is 11.9. The van der Waals surface area contributed by atoms with Gasteiger partial charge in [-0.25, -0.2) is 4.79 Å². The zero-order chi connectivity index (χ0) is 13.8. The van der Waals surface area contributed by atoms with Gasteiger partial charge in [0.15, 0.2) is 0 Å². The van der Waals surface area contributed by atoms with Crippen molar-refractivity contribution in [3.63, 3.8) is 0 Å². The Labute approximate surface area is 111 Å². The first-order chi connectivity index (χ1) is 9.11. The highest BCUT2D eigenvalue weighted by atomic mass is 16.5. The predicted molar refractivity (Wildman–Crippen MR) is 73.3 cm³/mol. The maximum Gasteiger partial charge on any atom is 0.340 e. The van der Waals surface area contributed by atoms with Gasteiger partial charge < -0.3 is 15.8 Å². The van der Waals surface area contributed by atoms with Crippen LogP contribution in [0.25, 0.3) is 0 Å². The van der Waals surface area contributed by atoms with E-state index < -0.39 is 5.97 Å². The fourth-order valence-electron chi connectivity index (χ4n) is 1.72. The molecule has 0 unspecified atom stereocenters. The van der Waals surface area contributed by atoms with Crippen molar-refractivity contribution in [3.05, 3.63) is 36.2 Å². The fraction of sp³-hybridized carbons (Fsp3) is 0.231. The average molecular weight is 260 g/mol. The quantitative estimate of drug-likeness (QED) is 0.648.